The summed E-state index contributed by atoms with van der Waals surface area (Å²) in [6.07, 6.45) is 0. The van der Waals surface area contributed by atoms with Crippen LogP contribution in [0, 0.1) is 0 Å². The van der Waals surface area contributed by atoms with Gasteiger partial charge in [-0.25, -0.2) is 0 Å². The quantitative estimate of drug-likeness (QED) is 0.785. The first-order valence-corrected chi connectivity index (χ1v) is 7.00. The molecule has 88 valence electrons. The number of carbonyl (C=O) groups is 1. The highest BCUT2D eigenvalue weighted by Crippen LogP contribution is 2.12. The smallest absolute Gasteiger partial charge is 0.252 e. The van der Waals surface area contributed by atoms with Crippen molar-refractivity contribution < 1.29 is 9.00 Å². The third kappa shape index (κ3) is 3.98. The molecule has 0 saturated carbocycles. The molecule has 1 aromatic rings. The Morgan fingerprint density at radius 2 is 2.12 bits per heavy atom. The summed E-state index contributed by atoms with van der Waals surface area (Å²) in [5.74, 6) is 0.953. The molecule has 0 heterocycles. The molecule has 1 rings (SSSR count). The maximum Gasteiger partial charge on any atom is 0.252 e. The van der Waals surface area contributed by atoms with E-state index in [0.717, 1.165) is 0 Å². The lowest BCUT2D eigenvalue weighted by Crippen LogP contribution is -2.28. The van der Waals surface area contributed by atoms with Crippen molar-refractivity contribution in [2.24, 2.45) is 0 Å². The van der Waals surface area contributed by atoms with Crippen LogP contribution in [0.25, 0.3) is 0 Å². The minimum absolute atomic E-state index is 0.168. The zero-order valence-corrected chi connectivity index (χ0v) is 10.8. The van der Waals surface area contributed by atoms with E-state index in [1.165, 1.54) is 0 Å². The third-order valence-electron chi connectivity index (χ3n) is 2.09. The molecule has 3 nitrogen and oxygen atoms in total. The monoisotopic (exact) mass is 257 g/mol. The van der Waals surface area contributed by atoms with Gasteiger partial charge < -0.3 is 5.32 Å². The number of thiol groups is 1. The van der Waals surface area contributed by atoms with Gasteiger partial charge in [-0.15, -0.1) is 12.6 Å². The van der Waals surface area contributed by atoms with E-state index in [-0.39, 0.29) is 5.91 Å². The molecule has 0 saturated heterocycles. The van der Waals surface area contributed by atoms with E-state index in [1.54, 1.807) is 18.2 Å². The Bertz CT molecular complexity index is 393. The molecule has 0 aliphatic heterocycles. The fourth-order valence-electron chi connectivity index (χ4n) is 1.18. The summed E-state index contributed by atoms with van der Waals surface area (Å²) in [6.45, 7) is 2.29. The zero-order chi connectivity index (χ0) is 12.0. The predicted octanol–water partition coefficient (Wildman–Crippen LogP) is 1.47. The van der Waals surface area contributed by atoms with Crippen LogP contribution in [0.15, 0.2) is 29.2 Å². The van der Waals surface area contributed by atoms with Crippen LogP contribution in [0.5, 0.6) is 0 Å². The molecule has 0 aliphatic carbocycles. The molecular formula is C11H15NO2S2. The van der Waals surface area contributed by atoms with Gasteiger partial charge in [0.15, 0.2) is 0 Å². The van der Waals surface area contributed by atoms with E-state index < -0.39 is 10.8 Å². The maximum atomic E-state index is 11.7. The van der Waals surface area contributed by atoms with Crippen molar-refractivity contribution in [1.29, 1.82) is 0 Å². The van der Waals surface area contributed by atoms with Gasteiger partial charge in [0.2, 0.25) is 0 Å². The molecule has 0 radical (unpaired) electrons. The topological polar surface area (TPSA) is 46.2 Å². The third-order valence-corrected chi connectivity index (χ3v) is 3.78. The van der Waals surface area contributed by atoms with Crippen molar-refractivity contribution in [3.63, 3.8) is 0 Å². The van der Waals surface area contributed by atoms with Crippen molar-refractivity contribution in [3.8, 4) is 0 Å². The number of nitrogens with one attached hydrogen (secondary N) is 1. The Morgan fingerprint density at radius 1 is 1.44 bits per heavy atom. The van der Waals surface area contributed by atoms with E-state index in [9.17, 15) is 9.00 Å². The SMILES string of the molecule is CCS(=O)CCNC(=O)c1ccccc1S. The fraction of sp³-hybridized carbons (Fsp3) is 0.364. The van der Waals surface area contributed by atoms with Crippen LogP contribution >= 0.6 is 12.6 Å². The van der Waals surface area contributed by atoms with Gasteiger partial charge in [0.05, 0.1) is 5.56 Å². The van der Waals surface area contributed by atoms with Gasteiger partial charge in [0, 0.05) is 33.7 Å². The minimum atomic E-state index is -0.839. The van der Waals surface area contributed by atoms with Crippen molar-refractivity contribution in [2.75, 3.05) is 18.1 Å². The number of hydrogen-bond acceptors (Lipinski definition) is 3. The second-order valence-corrected chi connectivity index (χ2v) is 5.55. The van der Waals surface area contributed by atoms with E-state index >= 15 is 0 Å². The van der Waals surface area contributed by atoms with E-state index in [4.69, 9.17) is 0 Å². The zero-order valence-electron chi connectivity index (χ0n) is 9.10. The Balaban J connectivity index is 2.47. The van der Waals surface area contributed by atoms with Gasteiger partial charge in [-0.05, 0) is 12.1 Å². The molecule has 0 aliphatic rings. The van der Waals surface area contributed by atoms with Gasteiger partial charge >= 0.3 is 0 Å². The summed E-state index contributed by atoms with van der Waals surface area (Å²) in [6, 6.07) is 7.10. The maximum absolute atomic E-state index is 11.7. The molecule has 1 unspecified atom stereocenters. The van der Waals surface area contributed by atoms with Crippen LogP contribution in [0.3, 0.4) is 0 Å². The molecule has 0 spiro atoms. The molecule has 1 N–H and O–H groups in total. The molecule has 0 bridgehead atoms. The summed E-state index contributed by atoms with van der Waals surface area (Å²) in [5.41, 5.74) is 0.549. The highest BCUT2D eigenvalue weighted by molar-refractivity contribution is 7.84. The van der Waals surface area contributed by atoms with Crippen LogP contribution in [0.4, 0.5) is 0 Å². The summed E-state index contributed by atoms with van der Waals surface area (Å²) in [7, 11) is -0.839. The van der Waals surface area contributed by atoms with Gasteiger partial charge in [-0.2, -0.15) is 0 Å². The number of rotatable bonds is 5. The minimum Gasteiger partial charge on any atom is -0.351 e. The van der Waals surface area contributed by atoms with E-state index in [0.29, 0.717) is 28.5 Å². The van der Waals surface area contributed by atoms with Crippen molar-refractivity contribution >= 4 is 29.3 Å². The van der Waals surface area contributed by atoms with Crippen LogP contribution in [-0.4, -0.2) is 28.2 Å². The number of benzene rings is 1. The second kappa shape index (κ2) is 6.70. The largest absolute Gasteiger partial charge is 0.351 e. The Hall–Kier alpha value is -0.810. The molecular weight excluding hydrogens is 242 g/mol. The molecule has 1 aromatic carbocycles. The summed E-state index contributed by atoms with van der Waals surface area (Å²) >= 11 is 4.20. The van der Waals surface area contributed by atoms with E-state index in [2.05, 4.69) is 17.9 Å². The first kappa shape index (κ1) is 13.3. The lowest BCUT2D eigenvalue weighted by atomic mass is 10.2. The molecule has 5 heteroatoms. The number of carbonyl (C=O) groups excluding carboxylic acids is 1. The highest BCUT2D eigenvalue weighted by Gasteiger charge is 2.07. The fourth-order valence-corrected chi connectivity index (χ4v) is 2.06. The molecule has 1 amide bonds. The van der Waals surface area contributed by atoms with Gasteiger partial charge in [-0.1, -0.05) is 19.1 Å². The normalized spacial score (nSPS) is 12.1. The molecule has 1 atom stereocenters. The molecule has 0 fully saturated rings. The Labute approximate surface area is 103 Å². The average Bonchev–Trinajstić information content (AvgIpc) is 2.29. The average molecular weight is 257 g/mol. The van der Waals surface area contributed by atoms with Crippen molar-refractivity contribution in [1.82, 2.24) is 5.32 Å². The van der Waals surface area contributed by atoms with Crippen molar-refractivity contribution in [2.45, 2.75) is 11.8 Å². The van der Waals surface area contributed by atoms with Crippen LogP contribution in [0.2, 0.25) is 0 Å². The summed E-state index contributed by atoms with van der Waals surface area (Å²) in [4.78, 5) is 12.3. The lowest BCUT2D eigenvalue weighted by Gasteiger charge is -2.06. The van der Waals surface area contributed by atoms with Gasteiger partial charge in [-0.3, -0.25) is 9.00 Å². The lowest BCUT2D eigenvalue weighted by molar-refractivity contribution is 0.0953. The van der Waals surface area contributed by atoms with Crippen molar-refractivity contribution in [3.05, 3.63) is 29.8 Å². The number of hydrogen-bond donors (Lipinski definition) is 2. The molecule has 0 aromatic heterocycles. The first-order valence-electron chi connectivity index (χ1n) is 5.06. The van der Waals surface area contributed by atoms with Crippen LogP contribution in [0.1, 0.15) is 17.3 Å². The van der Waals surface area contributed by atoms with Crippen LogP contribution < -0.4 is 5.32 Å². The second-order valence-electron chi connectivity index (χ2n) is 3.21. The summed E-state index contributed by atoms with van der Waals surface area (Å²) in [5, 5.41) is 2.72. The first-order chi connectivity index (χ1) is 7.65. The molecule has 16 heavy (non-hydrogen) atoms. The Kier molecular flexibility index (Phi) is 5.55. The van der Waals surface area contributed by atoms with E-state index in [1.807, 2.05) is 13.0 Å². The Morgan fingerprint density at radius 3 is 2.75 bits per heavy atom. The highest BCUT2D eigenvalue weighted by atomic mass is 32.2. The standard InChI is InChI=1S/C11H15NO2S2/c1-2-16(14)8-7-12-11(13)9-5-3-4-6-10(9)15/h3-6,15H,2,7-8H2,1H3,(H,12,13). The van der Waals surface area contributed by atoms with Gasteiger partial charge in [0.25, 0.3) is 5.91 Å². The predicted molar refractivity (Wildman–Crippen MR) is 69.6 cm³/mol. The van der Waals surface area contributed by atoms with Crippen LogP contribution in [-0.2, 0) is 10.8 Å². The number of amides is 1. The van der Waals surface area contributed by atoms with Gasteiger partial charge in [0.1, 0.15) is 0 Å². The summed E-state index contributed by atoms with van der Waals surface area (Å²) < 4.78 is 11.1.